The molecule has 6 nitrogen and oxygen atoms in total. The molecule has 0 unspecified atom stereocenters. The Bertz CT molecular complexity index is 419. The van der Waals surface area contributed by atoms with E-state index in [-0.39, 0.29) is 17.9 Å². The summed E-state index contributed by atoms with van der Waals surface area (Å²) in [5.74, 6) is 0.184. The summed E-state index contributed by atoms with van der Waals surface area (Å²) in [6, 6.07) is -0.272. The van der Waals surface area contributed by atoms with Gasteiger partial charge in [-0.1, -0.05) is 0 Å². The molecule has 2 fully saturated rings. The maximum Gasteiger partial charge on any atom is 0.408 e. The lowest BCUT2D eigenvalue weighted by Crippen LogP contribution is -2.53. The number of rotatable bonds is 3. The normalized spacial score (nSPS) is 26.7. The van der Waals surface area contributed by atoms with Crippen molar-refractivity contribution in [2.24, 2.45) is 11.7 Å². The Morgan fingerprint density at radius 3 is 2.22 bits per heavy atom. The maximum absolute atomic E-state index is 12.9. The van der Waals surface area contributed by atoms with Gasteiger partial charge in [0.05, 0.1) is 0 Å². The predicted molar refractivity (Wildman–Crippen MR) is 88.9 cm³/mol. The Hall–Kier alpha value is -1.30. The van der Waals surface area contributed by atoms with Crippen molar-refractivity contribution in [1.82, 2.24) is 10.2 Å². The van der Waals surface area contributed by atoms with E-state index in [9.17, 15) is 9.59 Å². The molecule has 0 bridgehead atoms. The third-order valence-electron chi connectivity index (χ3n) is 4.64. The number of hydrogen-bond donors (Lipinski definition) is 2. The highest BCUT2D eigenvalue weighted by molar-refractivity contribution is 5.86. The van der Waals surface area contributed by atoms with Gasteiger partial charge in [0.15, 0.2) is 0 Å². The molecule has 1 saturated heterocycles. The van der Waals surface area contributed by atoms with Gasteiger partial charge in [-0.05, 0) is 65.2 Å². The van der Waals surface area contributed by atoms with Gasteiger partial charge in [0.25, 0.3) is 0 Å². The van der Waals surface area contributed by atoms with Crippen LogP contribution in [0.25, 0.3) is 0 Å². The van der Waals surface area contributed by atoms with Gasteiger partial charge >= 0.3 is 6.09 Å². The van der Waals surface area contributed by atoms with E-state index in [4.69, 9.17) is 10.5 Å². The van der Waals surface area contributed by atoms with Crippen LogP contribution in [0.15, 0.2) is 0 Å². The molecule has 0 aromatic rings. The quantitative estimate of drug-likeness (QED) is 0.831. The molecular formula is C17H31N3O3. The Morgan fingerprint density at radius 1 is 1.13 bits per heavy atom. The van der Waals surface area contributed by atoms with E-state index in [1.165, 1.54) is 0 Å². The second-order valence-corrected chi connectivity index (χ2v) is 7.83. The molecule has 0 radical (unpaired) electrons. The second-order valence-electron chi connectivity index (χ2n) is 7.83. The third-order valence-corrected chi connectivity index (χ3v) is 4.64. The van der Waals surface area contributed by atoms with Crippen molar-refractivity contribution in [1.29, 1.82) is 0 Å². The Morgan fingerprint density at radius 2 is 1.70 bits per heavy atom. The molecule has 1 aliphatic carbocycles. The average Bonchev–Trinajstić information content (AvgIpc) is 2.97. The van der Waals surface area contributed by atoms with Crippen LogP contribution in [0.3, 0.4) is 0 Å². The molecule has 6 heteroatoms. The smallest absolute Gasteiger partial charge is 0.408 e. The van der Waals surface area contributed by atoms with Gasteiger partial charge in [-0.3, -0.25) is 4.79 Å². The highest BCUT2D eigenvalue weighted by atomic mass is 16.6. The molecule has 23 heavy (non-hydrogen) atoms. The van der Waals surface area contributed by atoms with Crippen molar-refractivity contribution in [3.05, 3.63) is 0 Å². The number of alkyl carbamates (subject to hydrolysis) is 1. The van der Waals surface area contributed by atoms with Gasteiger partial charge in [-0.15, -0.1) is 0 Å². The topological polar surface area (TPSA) is 84.7 Å². The van der Waals surface area contributed by atoms with E-state index in [2.05, 4.69) is 5.32 Å². The molecule has 2 rings (SSSR count). The van der Waals surface area contributed by atoms with Crippen LogP contribution in [0.2, 0.25) is 0 Å². The Labute approximate surface area is 139 Å². The minimum Gasteiger partial charge on any atom is -0.444 e. The number of amides is 2. The standard InChI is InChI=1S/C17H31N3O3/c1-17(2,3)23-16(22)19-14(12-6-8-13(18)9-7-12)15(21)20-10-4-5-11-20/h12-14H,4-11,18H2,1-3H3,(H,19,22)/t12-,13-,14-/m0/s1. The molecule has 0 aromatic heterocycles. The van der Waals surface area contributed by atoms with Gasteiger partial charge in [-0.2, -0.15) is 0 Å². The first-order valence-corrected chi connectivity index (χ1v) is 8.80. The van der Waals surface area contributed by atoms with Crippen LogP contribution < -0.4 is 11.1 Å². The monoisotopic (exact) mass is 325 g/mol. The summed E-state index contributed by atoms with van der Waals surface area (Å²) in [5, 5.41) is 2.84. The summed E-state index contributed by atoms with van der Waals surface area (Å²) in [7, 11) is 0. The number of ether oxygens (including phenoxy) is 1. The van der Waals surface area contributed by atoms with E-state index >= 15 is 0 Å². The molecule has 3 N–H and O–H groups in total. The van der Waals surface area contributed by atoms with Gasteiger partial charge in [0, 0.05) is 19.1 Å². The first-order valence-electron chi connectivity index (χ1n) is 8.80. The molecule has 1 saturated carbocycles. The van der Waals surface area contributed by atoms with E-state index in [0.717, 1.165) is 51.6 Å². The van der Waals surface area contributed by atoms with Gasteiger partial charge in [0.2, 0.25) is 5.91 Å². The SMILES string of the molecule is CC(C)(C)OC(=O)N[C@H](C(=O)N1CCCC1)[C@H]1CC[C@H](N)CC1. The van der Waals surface area contributed by atoms with Crippen molar-refractivity contribution < 1.29 is 14.3 Å². The first kappa shape index (κ1) is 18.0. The van der Waals surface area contributed by atoms with Crippen LogP contribution in [0.4, 0.5) is 4.79 Å². The average molecular weight is 325 g/mol. The lowest BCUT2D eigenvalue weighted by atomic mass is 9.81. The zero-order chi connectivity index (χ0) is 17.0. The first-order chi connectivity index (χ1) is 10.8. The molecular weight excluding hydrogens is 294 g/mol. The van der Waals surface area contributed by atoms with Gasteiger partial charge < -0.3 is 20.7 Å². The number of nitrogens with two attached hydrogens (primary N) is 1. The summed E-state index contributed by atoms with van der Waals surface area (Å²) in [5.41, 5.74) is 5.40. The van der Waals surface area contributed by atoms with Crippen molar-refractivity contribution in [2.45, 2.75) is 77.0 Å². The maximum atomic E-state index is 12.9. The fourth-order valence-corrected chi connectivity index (χ4v) is 3.43. The fourth-order valence-electron chi connectivity index (χ4n) is 3.43. The number of nitrogens with zero attached hydrogens (tertiary/aromatic N) is 1. The van der Waals surface area contributed by atoms with Crippen LogP contribution >= 0.6 is 0 Å². The van der Waals surface area contributed by atoms with Crippen LogP contribution in [-0.4, -0.2) is 47.7 Å². The Kier molecular flexibility index (Phi) is 5.89. The minimum atomic E-state index is -0.569. The number of nitrogens with one attached hydrogen (secondary N) is 1. The van der Waals surface area contributed by atoms with Crippen LogP contribution in [0, 0.1) is 5.92 Å². The highest BCUT2D eigenvalue weighted by Crippen LogP contribution is 2.28. The highest BCUT2D eigenvalue weighted by Gasteiger charge is 2.36. The lowest BCUT2D eigenvalue weighted by Gasteiger charge is -2.34. The molecule has 2 amide bonds. The minimum absolute atomic E-state index is 0.0360. The van der Waals surface area contributed by atoms with Gasteiger partial charge in [-0.25, -0.2) is 4.79 Å². The third kappa shape index (κ3) is 5.37. The van der Waals surface area contributed by atoms with E-state index in [1.54, 1.807) is 0 Å². The van der Waals surface area contributed by atoms with Crippen molar-refractivity contribution in [3.63, 3.8) is 0 Å². The molecule has 1 aliphatic heterocycles. The zero-order valence-corrected chi connectivity index (χ0v) is 14.6. The van der Waals surface area contributed by atoms with Crippen LogP contribution in [0.1, 0.15) is 59.3 Å². The number of hydrogen-bond acceptors (Lipinski definition) is 4. The fraction of sp³-hybridized carbons (Fsp3) is 0.882. The van der Waals surface area contributed by atoms with Crippen molar-refractivity contribution in [2.75, 3.05) is 13.1 Å². The molecule has 2 aliphatic rings. The van der Waals surface area contributed by atoms with Crippen LogP contribution in [-0.2, 0) is 9.53 Å². The zero-order valence-electron chi connectivity index (χ0n) is 14.6. The summed E-state index contributed by atoms with van der Waals surface area (Å²) < 4.78 is 5.35. The van der Waals surface area contributed by atoms with Gasteiger partial charge in [0.1, 0.15) is 11.6 Å². The largest absolute Gasteiger partial charge is 0.444 e. The summed E-state index contributed by atoms with van der Waals surface area (Å²) >= 11 is 0. The molecule has 132 valence electrons. The summed E-state index contributed by atoms with van der Waals surface area (Å²) in [6.45, 7) is 7.05. The van der Waals surface area contributed by atoms with Crippen LogP contribution in [0.5, 0.6) is 0 Å². The predicted octanol–water partition coefficient (Wildman–Crippen LogP) is 2.02. The molecule has 0 aromatic carbocycles. The van der Waals surface area contributed by atoms with Crippen molar-refractivity contribution >= 4 is 12.0 Å². The lowest BCUT2D eigenvalue weighted by molar-refractivity contribution is -0.134. The van der Waals surface area contributed by atoms with E-state index in [1.807, 2.05) is 25.7 Å². The number of carbonyl (C=O) groups excluding carboxylic acids is 2. The summed E-state index contributed by atoms with van der Waals surface area (Å²) in [4.78, 5) is 26.9. The molecule has 0 spiro atoms. The second kappa shape index (κ2) is 7.51. The summed E-state index contributed by atoms with van der Waals surface area (Å²) in [6.07, 6.45) is 5.14. The van der Waals surface area contributed by atoms with E-state index in [0.29, 0.717) is 0 Å². The van der Waals surface area contributed by atoms with Crippen molar-refractivity contribution in [3.8, 4) is 0 Å². The Balaban J connectivity index is 2.04. The molecule has 1 atom stereocenters. The number of likely N-dealkylation sites (tertiary alicyclic amines) is 1. The number of carbonyl (C=O) groups is 2. The van der Waals surface area contributed by atoms with E-state index < -0.39 is 17.7 Å². The molecule has 1 heterocycles.